The van der Waals surface area contributed by atoms with E-state index in [1.807, 2.05) is 24.3 Å². The molecule has 0 unspecified atom stereocenters. The van der Waals surface area contributed by atoms with Crippen LogP contribution in [0.2, 0.25) is 0 Å². The molecule has 4 aromatic rings. The van der Waals surface area contributed by atoms with Crippen LogP contribution < -0.4 is 10.6 Å². The smallest absolute Gasteiger partial charge is 0.251 e. The standard InChI is InChI=1S/C25H27N7O/c1-25(2,3)24-29-13-17(14-30-24)20-12-21(32-15-31-20)27-10-8-16-6-5-7-18-19(23(33)26-4)9-11-28-22(16)18/h5-7,9,11-15H,8,10H2,1-4H3,(H,26,33)(H,27,31,32). The highest BCUT2D eigenvalue weighted by Gasteiger charge is 2.17. The van der Waals surface area contributed by atoms with Crippen LogP contribution >= 0.6 is 0 Å². The first kappa shape index (κ1) is 22.3. The van der Waals surface area contributed by atoms with Gasteiger partial charge < -0.3 is 10.6 Å². The van der Waals surface area contributed by atoms with Crippen molar-refractivity contribution in [2.45, 2.75) is 32.6 Å². The molecule has 0 spiro atoms. The molecule has 0 aliphatic heterocycles. The van der Waals surface area contributed by atoms with Crippen LogP contribution in [0.15, 0.2) is 55.2 Å². The van der Waals surface area contributed by atoms with Gasteiger partial charge in [-0.05, 0) is 18.1 Å². The Hall–Kier alpha value is -3.94. The van der Waals surface area contributed by atoms with Gasteiger partial charge in [-0.15, -0.1) is 0 Å². The van der Waals surface area contributed by atoms with Gasteiger partial charge in [-0.2, -0.15) is 0 Å². The maximum Gasteiger partial charge on any atom is 0.251 e. The van der Waals surface area contributed by atoms with Crippen LogP contribution in [0.3, 0.4) is 0 Å². The fraction of sp³-hybridized carbons (Fsp3) is 0.280. The third-order valence-electron chi connectivity index (χ3n) is 5.31. The maximum absolute atomic E-state index is 12.2. The molecule has 0 aliphatic carbocycles. The van der Waals surface area contributed by atoms with E-state index in [4.69, 9.17) is 0 Å². The second-order valence-electron chi connectivity index (χ2n) is 8.76. The molecule has 4 rings (SSSR count). The highest BCUT2D eigenvalue weighted by atomic mass is 16.1. The molecular formula is C25H27N7O. The molecule has 168 valence electrons. The summed E-state index contributed by atoms with van der Waals surface area (Å²) >= 11 is 0. The minimum absolute atomic E-state index is 0.103. The van der Waals surface area contributed by atoms with Gasteiger partial charge >= 0.3 is 0 Å². The number of benzene rings is 1. The number of anilines is 1. The summed E-state index contributed by atoms with van der Waals surface area (Å²) in [6, 6.07) is 9.54. The molecule has 0 saturated heterocycles. The lowest BCUT2D eigenvalue weighted by Crippen LogP contribution is -2.18. The molecule has 0 radical (unpaired) electrons. The highest BCUT2D eigenvalue weighted by molar-refractivity contribution is 6.06. The van der Waals surface area contributed by atoms with E-state index < -0.39 is 0 Å². The van der Waals surface area contributed by atoms with Gasteiger partial charge in [-0.3, -0.25) is 9.78 Å². The van der Waals surface area contributed by atoms with Crippen molar-refractivity contribution < 1.29 is 4.79 Å². The van der Waals surface area contributed by atoms with Gasteiger partial charge in [-0.1, -0.05) is 39.0 Å². The summed E-state index contributed by atoms with van der Waals surface area (Å²) in [7, 11) is 1.63. The molecule has 8 nitrogen and oxygen atoms in total. The number of aromatic nitrogens is 5. The van der Waals surface area contributed by atoms with Crippen molar-refractivity contribution in [1.82, 2.24) is 30.2 Å². The molecule has 0 saturated carbocycles. The van der Waals surface area contributed by atoms with E-state index in [9.17, 15) is 4.79 Å². The number of rotatable bonds is 6. The summed E-state index contributed by atoms with van der Waals surface area (Å²) < 4.78 is 0. The van der Waals surface area contributed by atoms with E-state index in [1.165, 1.54) is 6.33 Å². The molecule has 0 aliphatic rings. The van der Waals surface area contributed by atoms with Crippen molar-refractivity contribution in [1.29, 1.82) is 0 Å². The van der Waals surface area contributed by atoms with Crippen LogP contribution in [0.25, 0.3) is 22.2 Å². The van der Waals surface area contributed by atoms with E-state index in [1.54, 1.807) is 31.7 Å². The Morgan fingerprint density at radius 1 is 1.00 bits per heavy atom. The van der Waals surface area contributed by atoms with Gasteiger partial charge in [0, 0.05) is 54.6 Å². The number of amides is 1. The zero-order valence-corrected chi connectivity index (χ0v) is 19.3. The van der Waals surface area contributed by atoms with E-state index in [2.05, 4.69) is 56.3 Å². The van der Waals surface area contributed by atoms with Gasteiger partial charge in [-0.25, -0.2) is 19.9 Å². The Balaban J connectivity index is 1.48. The summed E-state index contributed by atoms with van der Waals surface area (Å²) in [4.78, 5) is 34.4. The van der Waals surface area contributed by atoms with E-state index in [0.717, 1.165) is 45.8 Å². The van der Waals surface area contributed by atoms with Gasteiger partial charge in [0.1, 0.15) is 18.0 Å². The predicted molar refractivity (Wildman–Crippen MR) is 129 cm³/mol. The monoisotopic (exact) mass is 441 g/mol. The first-order valence-electron chi connectivity index (χ1n) is 10.8. The molecule has 3 heterocycles. The summed E-state index contributed by atoms with van der Waals surface area (Å²) in [6.45, 7) is 6.90. The summed E-state index contributed by atoms with van der Waals surface area (Å²) in [5.41, 5.74) is 4.01. The zero-order chi connectivity index (χ0) is 23.4. The van der Waals surface area contributed by atoms with Crippen molar-refractivity contribution in [3.8, 4) is 11.3 Å². The summed E-state index contributed by atoms with van der Waals surface area (Å²) in [5, 5.41) is 6.88. The van der Waals surface area contributed by atoms with Crippen LogP contribution in [-0.2, 0) is 11.8 Å². The maximum atomic E-state index is 12.2. The predicted octanol–water partition coefficient (Wildman–Crippen LogP) is 3.79. The average Bonchev–Trinajstić information content (AvgIpc) is 2.83. The highest BCUT2D eigenvalue weighted by Crippen LogP contribution is 2.23. The molecule has 1 aromatic carbocycles. The largest absolute Gasteiger partial charge is 0.370 e. The molecule has 3 aromatic heterocycles. The van der Waals surface area contributed by atoms with Crippen LogP contribution in [0, 0.1) is 0 Å². The van der Waals surface area contributed by atoms with Gasteiger partial charge in [0.2, 0.25) is 0 Å². The number of fused-ring (bicyclic) bond motifs is 1. The molecule has 0 bridgehead atoms. The number of carbonyl (C=O) groups excluding carboxylic acids is 1. The van der Waals surface area contributed by atoms with Crippen molar-refractivity contribution >= 4 is 22.6 Å². The third-order valence-corrected chi connectivity index (χ3v) is 5.31. The SMILES string of the molecule is CNC(=O)c1ccnc2c(CCNc3cc(-c4cnc(C(C)(C)C)nc4)ncn3)cccc12. The topological polar surface area (TPSA) is 106 Å². The summed E-state index contributed by atoms with van der Waals surface area (Å²) in [5.74, 6) is 1.40. The molecule has 8 heteroatoms. The van der Waals surface area contributed by atoms with Crippen molar-refractivity contribution in [2.24, 2.45) is 0 Å². The van der Waals surface area contributed by atoms with Crippen molar-refractivity contribution in [2.75, 3.05) is 18.9 Å². The lowest BCUT2D eigenvalue weighted by atomic mass is 9.96. The number of pyridine rings is 1. The number of nitrogens with one attached hydrogen (secondary N) is 2. The Morgan fingerprint density at radius 2 is 1.79 bits per heavy atom. The minimum Gasteiger partial charge on any atom is -0.370 e. The summed E-state index contributed by atoms with van der Waals surface area (Å²) in [6.07, 6.45) is 7.53. The average molecular weight is 442 g/mol. The fourth-order valence-corrected chi connectivity index (χ4v) is 3.56. The first-order chi connectivity index (χ1) is 15.9. The Morgan fingerprint density at radius 3 is 2.52 bits per heavy atom. The lowest BCUT2D eigenvalue weighted by molar-refractivity contribution is 0.0964. The van der Waals surface area contributed by atoms with Crippen molar-refractivity contribution in [3.63, 3.8) is 0 Å². The van der Waals surface area contributed by atoms with Crippen LogP contribution in [0.1, 0.15) is 42.5 Å². The van der Waals surface area contributed by atoms with Gasteiger partial charge in [0.05, 0.1) is 16.8 Å². The molecule has 0 fully saturated rings. The Bertz CT molecular complexity index is 1280. The zero-order valence-electron chi connectivity index (χ0n) is 19.3. The van der Waals surface area contributed by atoms with Crippen LogP contribution in [0.4, 0.5) is 5.82 Å². The number of hydrogen-bond acceptors (Lipinski definition) is 7. The number of carbonyl (C=O) groups is 1. The molecule has 1 amide bonds. The second-order valence-corrected chi connectivity index (χ2v) is 8.76. The minimum atomic E-state index is -0.120. The first-order valence-corrected chi connectivity index (χ1v) is 10.8. The van der Waals surface area contributed by atoms with E-state index in [-0.39, 0.29) is 11.3 Å². The molecule has 0 atom stereocenters. The fourth-order valence-electron chi connectivity index (χ4n) is 3.56. The normalized spacial score (nSPS) is 11.4. The molecule has 2 N–H and O–H groups in total. The number of hydrogen-bond donors (Lipinski definition) is 2. The molecule has 33 heavy (non-hydrogen) atoms. The van der Waals surface area contributed by atoms with Crippen molar-refractivity contribution in [3.05, 3.63) is 72.2 Å². The lowest BCUT2D eigenvalue weighted by Gasteiger charge is -2.16. The van der Waals surface area contributed by atoms with Gasteiger partial charge in [0.25, 0.3) is 5.91 Å². The van der Waals surface area contributed by atoms with Gasteiger partial charge in [0.15, 0.2) is 0 Å². The van der Waals surface area contributed by atoms with Crippen LogP contribution in [-0.4, -0.2) is 44.4 Å². The number of nitrogens with zero attached hydrogens (tertiary/aromatic N) is 5. The second kappa shape index (κ2) is 9.28. The molecular weight excluding hydrogens is 414 g/mol. The van der Waals surface area contributed by atoms with E-state index in [0.29, 0.717) is 12.1 Å². The third kappa shape index (κ3) is 4.95. The number of para-hydroxylation sites is 1. The Labute approximate surface area is 193 Å². The van der Waals surface area contributed by atoms with E-state index >= 15 is 0 Å². The quantitative estimate of drug-likeness (QED) is 0.469. The Kier molecular flexibility index (Phi) is 6.26. The van der Waals surface area contributed by atoms with Crippen LogP contribution in [0.5, 0.6) is 0 Å².